The zero-order valence-corrected chi connectivity index (χ0v) is 24.0. The first-order chi connectivity index (χ1) is 19.9. The van der Waals surface area contributed by atoms with Crippen molar-refractivity contribution >= 4 is 75.3 Å². The van der Waals surface area contributed by atoms with Crippen LogP contribution in [0.25, 0.3) is 10.8 Å². The zero-order valence-electron chi connectivity index (χ0n) is 21.5. The van der Waals surface area contributed by atoms with Crippen molar-refractivity contribution in [1.82, 2.24) is 0 Å². The minimum absolute atomic E-state index is 0.116. The largest absolute Gasteiger partial charge is 0.505 e. The number of benzene rings is 4. The molecule has 0 fully saturated rings. The van der Waals surface area contributed by atoms with Gasteiger partial charge in [0.25, 0.3) is 30.4 Å². The van der Waals surface area contributed by atoms with Gasteiger partial charge in [0.05, 0.1) is 29.6 Å². The molecule has 0 aromatic heterocycles. The van der Waals surface area contributed by atoms with E-state index in [1.807, 2.05) is 0 Å². The van der Waals surface area contributed by atoms with E-state index < -0.39 is 84.3 Å². The van der Waals surface area contributed by atoms with Crippen LogP contribution in [0.5, 0.6) is 11.5 Å². The highest BCUT2D eigenvalue weighted by molar-refractivity contribution is 7.86. The van der Waals surface area contributed by atoms with Gasteiger partial charge in [0.1, 0.15) is 37.5 Å². The predicted octanol–water partition coefficient (Wildman–Crippen LogP) is 4.29. The first kappa shape index (κ1) is 31.2. The molecule has 17 nitrogen and oxygen atoms in total. The van der Waals surface area contributed by atoms with Crippen LogP contribution in [0.3, 0.4) is 0 Å². The minimum Gasteiger partial charge on any atom is -0.505 e. The molecule has 0 radical (unpaired) electrons. The van der Waals surface area contributed by atoms with Gasteiger partial charge in [-0.05, 0) is 35.7 Å². The highest BCUT2D eigenvalue weighted by Gasteiger charge is 2.28. The lowest BCUT2D eigenvalue weighted by Crippen LogP contribution is -2.04. The number of fused-ring (bicyclic) bond motifs is 1. The summed E-state index contributed by atoms with van der Waals surface area (Å²) in [6.07, 6.45) is 0. The number of anilines is 2. The molecule has 43 heavy (non-hydrogen) atoms. The molecule has 4 aromatic rings. The van der Waals surface area contributed by atoms with Crippen molar-refractivity contribution in [3.05, 3.63) is 54.6 Å². The molecule has 226 valence electrons. The molecule has 0 aliphatic rings. The molecule has 0 heterocycles. The van der Waals surface area contributed by atoms with Gasteiger partial charge in [0.15, 0.2) is 5.75 Å². The average molecular weight is 653 g/mol. The van der Waals surface area contributed by atoms with E-state index in [1.165, 1.54) is 19.2 Å². The first-order valence-corrected chi connectivity index (χ1v) is 15.7. The number of nitrogens with zero attached hydrogens (tertiary/aromatic N) is 4. The van der Waals surface area contributed by atoms with Crippen LogP contribution >= 0.6 is 0 Å². The fourth-order valence-electron chi connectivity index (χ4n) is 3.84. The molecule has 0 amide bonds. The summed E-state index contributed by atoms with van der Waals surface area (Å²) >= 11 is 0. The van der Waals surface area contributed by atoms with Crippen molar-refractivity contribution in [3.8, 4) is 11.5 Å². The summed E-state index contributed by atoms with van der Waals surface area (Å²) in [6.45, 7) is 0. The molecule has 4 aromatic carbocycles. The Bertz CT molecular complexity index is 2170. The van der Waals surface area contributed by atoms with E-state index in [4.69, 9.17) is 16.2 Å². The van der Waals surface area contributed by atoms with Crippen molar-refractivity contribution in [1.29, 1.82) is 0 Å². The summed E-state index contributed by atoms with van der Waals surface area (Å²) in [5, 5.41) is 25.1. The number of aromatic hydroxyl groups is 1. The number of phenolic OH excluding ortho intramolecular Hbond substituents is 1. The highest BCUT2D eigenvalue weighted by atomic mass is 32.2. The van der Waals surface area contributed by atoms with Gasteiger partial charge in [0, 0.05) is 6.07 Å². The van der Waals surface area contributed by atoms with Gasteiger partial charge in [-0.25, -0.2) is 0 Å². The molecule has 0 bridgehead atoms. The maximum absolute atomic E-state index is 12.3. The summed E-state index contributed by atoms with van der Waals surface area (Å²) in [5.74, 6) is -1.20. The second-order valence-electron chi connectivity index (χ2n) is 8.53. The summed E-state index contributed by atoms with van der Waals surface area (Å²) in [5.41, 5.74) is 8.99. The second-order valence-corrected chi connectivity index (χ2v) is 12.7. The molecule has 20 heteroatoms. The number of ether oxygens (including phenoxy) is 1. The number of phenols is 1. The Morgan fingerprint density at radius 3 is 1.77 bits per heavy atom. The van der Waals surface area contributed by atoms with Crippen molar-refractivity contribution in [2.24, 2.45) is 20.5 Å². The Labute approximate surface area is 243 Å². The van der Waals surface area contributed by atoms with Crippen molar-refractivity contribution in [2.45, 2.75) is 14.7 Å². The third-order valence-electron chi connectivity index (χ3n) is 5.74. The lowest BCUT2D eigenvalue weighted by molar-refractivity contribution is 0.416. The van der Waals surface area contributed by atoms with Crippen LogP contribution in [-0.4, -0.2) is 51.1 Å². The molecular weight excluding hydrogens is 632 g/mol. The quantitative estimate of drug-likeness (QED) is 0.0880. The molecule has 0 atom stereocenters. The van der Waals surface area contributed by atoms with Crippen LogP contribution in [0.4, 0.5) is 34.1 Å². The highest BCUT2D eigenvalue weighted by Crippen LogP contribution is 2.48. The van der Waals surface area contributed by atoms with Gasteiger partial charge in [-0.2, -0.15) is 30.4 Å². The average Bonchev–Trinajstić information content (AvgIpc) is 2.90. The first-order valence-electron chi connectivity index (χ1n) is 11.3. The topological polar surface area (TPSA) is 294 Å². The lowest BCUT2D eigenvalue weighted by Gasteiger charge is -2.14. The van der Waals surface area contributed by atoms with Crippen LogP contribution in [0.1, 0.15) is 0 Å². The summed E-state index contributed by atoms with van der Waals surface area (Å²) in [6, 6.07) is 11.0. The van der Waals surface area contributed by atoms with E-state index in [-0.39, 0.29) is 17.1 Å². The molecule has 8 N–H and O–H groups in total. The van der Waals surface area contributed by atoms with Crippen LogP contribution < -0.4 is 16.2 Å². The fraction of sp³-hybridized carbons (Fsp3) is 0.0435. The molecule has 0 saturated heterocycles. The maximum Gasteiger partial charge on any atom is 0.296 e. The van der Waals surface area contributed by atoms with Crippen molar-refractivity contribution < 1.29 is 48.8 Å². The van der Waals surface area contributed by atoms with Gasteiger partial charge in [-0.15, -0.1) is 15.3 Å². The fourth-order valence-corrected chi connectivity index (χ4v) is 5.81. The van der Waals surface area contributed by atoms with E-state index in [2.05, 4.69) is 20.5 Å². The lowest BCUT2D eigenvalue weighted by atomic mass is 10.1. The van der Waals surface area contributed by atoms with Crippen molar-refractivity contribution in [3.63, 3.8) is 0 Å². The Balaban J connectivity index is 2.07. The van der Waals surface area contributed by atoms with Gasteiger partial charge in [0.2, 0.25) is 0 Å². The van der Waals surface area contributed by atoms with E-state index >= 15 is 0 Å². The number of nitrogens with two attached hydrogens (primary N) is 2. The normalized spacial score (nSPS) is 12.8. The van der Waals surface area contributed by atoms with Crippen molar-refractivity contribution in [2.75, 3.05) is 18.6 Å². The number of nitrogen functional groups attached to an aromatic ring is 2. The maximum atomic E-state index is 12.3. The molecule has 4 rings (SSSR count). The molecular formula is C23H20N6O11S3. The molecule has 0 saturated carbocycles. The van der Waals surface area contributed by atoms with Gasteiger partial charge >= 0.3 is 0 Å². The van der Waals surface area contributed by atoms with Crippen LogP contribution in [0, 0.1) is 0 Å². The standard InChI is InChI=1S/C23H20N6O11S3/c1-40-15-10-14(16(9-13(15)24)41(31,32)33)27-29-22-18(43(37,38)39)8-11-7-17(42(34,35)36)21(20(25)19(11)23(22)30)28-26-12-5-3-2-4-6-12/h2-10,30H,24-25H2,1H3,(H,31,32,33)(H,34,35,36)(H,37,38,39). The Kier molecular flexibility index (Phi) is 8.10. The van der Waals surface area contributed by atoms with E-state index in [9.17, 15) is 44.0 Å². The van der Waals surface area contributed by atoms with E-state index in [0.717, 1.165) is 18.2 Å². The molecule has 0 aliphatic carbocycles. The van der Waals surface area contributed by atoms with Crippen LogP contribution in [-0.2, 0) is 30.4 Å². The molecule has 0 spiro atoms. The zero-order chi connectivity index (χ0) is 31.9. The number of hydrogen-bond acceptors (Lipinski definition) is 14. The molecule has 0 aliphatic heterocycles. The Morgan fingerprint density at radius 2 is 1.23 bits per heavy atom. The number of hydrogen-bond donors (Lipinski definition) is 6. The van der Waals surface area contributed by atoms with Gasteiger partial charge in [-0.3, -0.25) is 13.7 Å². The minimum atomic E-state index is -5.25. The second kappa shape index (κ2) is 11.2. The molecule has 0 unspecified atom stereocenters. The number of rotatable bonds is 8. The third kappa shape index (κ3) is 6.38. The SMILES string of the molecule is COc1cc(N=Nc2c(S(=O)(=O)O)cc3cc(S(=O)(=O)O)c(N=Nc4ccccc4)c(N)c3c2O)c(S(=O)(=O)O)cc1N. The number of azo groups is 2. The Hall–Kier alpha value is -4.73. The van der Waals surface area contributed by atoms with Crippen LogP contribution in [0.2, 0.25) is 0 Å². The predicted molar refractivity (Wildman–Crippen MR) is 152 cm³/mol. The van der Waals surface area contributed by atoms with Gasteiger partial charge < -0.3 is 21.3 Å². The summed E-state index contributed by atoms with van der Waals surface area (Å²) in [7, 11) is -14.1. The number of methoxy groups -OCH3 is 1. The monoisotopic (exact) mass is 652 g/mol. The van der Waals surface area contributed by atoms with E-state index in [1.54, 1.807) is 18.2 Å². The summed E-state index contributed by atoms with van der Waals surface area (Å²) in [4.78, 5) is -2.92. The Morgan fingerprint density at radius 1 is 0.698 bits per heavy atom. The van der Waals surface area contributed by atoms with E-state index in [0.29, 0.717) is 6.07 Å². The smallest absolute Gasteiger partial charge is 0.296 e. The van der Waals surface area contributed by atoms with Crippen LogP contribution in [0.15, 0.2) is 89.7 Å². The summed E-state index contributed by atoms with van der Waals surface area (Å²) < 4.78 is 107. The third-order valence-corrected chi connectivity index (χ3v) is 8.36. The van der Waals surface area contributed by atoms with Gasteiger partial charge in [-0.1, -0.05) is 18.2 Å².